The van der Waals surface area contributed by atoms with E-state index in [0.29, 0.717) is 11.5 Å². The third-order valence-corrected chi connectivity index (χ3v) is 3.19. The maximum Gasteiger partial charge on any atom is 0.254 e. The number of hydrogen-bond acceptors (Lipinski definition) is 3. The number of hydrogen-bond donors (Lipinski definition) is 1. The summed E-state index contributed by atoms with van der Waals surface area (Å²) in [7, 11) is 0. The van der Waals surface area contributed by atoms with Gasteiger partial charge in [-0.1, -0.05) is 18.2 Å². The molecule has 3 rings (SSSR count). The van der Waals surface area contributed by atoms with Crippen molar-refractivity contribution < 1.29 is 9.18 Å². The second kappa shape index (κ2) is 5.32. The molecule has 0 fully saturated rings. The van der Waals surface area contributed by atoms with E-state index in [-0.39, 0.29) is 5.56 Å². The fourth-order valence-electron chi connectivity index (χ4n) is 2.14. The predicted octanol–water partition coefficient (Wildman–Crippen LogP) is 2.36. The Kier molecular flexibility index (Phi) is 3.35. The van der Waals surface area contributed by atoms with Crippen molar-refractivity contribution in [1.29, 1.82) is 0 Å². The van der Waals surface area contributed by atoms with Crippen LogP contribution in [0.3, 0.4) is 0 Å². The number of aromatic nitrogens is 3. The quantitative estimate of drug-likeness (QED) is 0.803. The Morgan fingerprint density at radius 2 is 1.95 bits per heavy atom. The minimum Gasteiger partial charge on any atom is -0.342 e. The Morgan fingerprint density at radius 3 is 2.76 bits per heavy atom. The third kappa shape index (κ3) is 2.47. The van der Waals surface area contributed by atoms with Gasteiger partial charge in [-0.05, 0) is 31.2 Å². The summed E-state index contributed by atoms with van der Waals surface area (Å²) in [4.78, 5) is 12.1. The highest BCUT2D eigenvalue weighted by atomic mass is 19.1. The molecule has 1 aromatic carbocycles. The van der Waals surface area contributed by atoms with E-state index in [2.05, 4.69) is 15.5 Å². The number of nitrogens with zero attached hydrogens (tertiary/aromatic N) is 3. The molecule has 5 nitrogen and oxygen atoms in total. The summed E-state index contributed by atoms with van der Waals surface area (Å²) in [6.45, 7) is 1.78. The lowest BCUT2D eigenvalue weighted by molar-refractivity contribution is 0.0934. The summed E-state index contributed by atoms with van der Waals surface area (Å²) in [5, 5.41) is 10.8. The van der Waals surface area contributed by atoms with Crippen LogP contribution in [-0.4, -0.2) is 20.5 Å². The first-order valence-electron chi connectivity index (χ1n) is 6.52. The lowest BCUT2D eigenvalue weighted by atomic mass is 10.2. The summed E-state index contributed by atoms with van der Waals surface area (Å²) in [5.41, 5.74) is 0.706. The zero-order chi connectivity index (χ0) is 14.8. The highest BCUT2D eigenvalue weighted by molar-refractivity contribution is 5.94. The molecule has 0 spiro atoms. The number of carbonyl (C=O) groups is 1. The van der Waals surface area contributed by atoms with Crippen molar-refractivity contribution in [1.82, 2.24) is 19.9 Å². The molecule has 1 amide bonds. The monoisotopic (exact) mass is 284 g/mol. The van der Waals surface area contributed by atoms with Gasteiger partial charge in [-0.25, -0.2) is 4.39 Å². The Balaban J connectivity index is 1.85. The van der Waals surface area contributed by atoms with E-state index in [9.17, 15) is 9.18 Å². The van der Waals surface area contributed by atoms with E-state index >= 15 is 0 Å². The maximum absolute atomic E-state index is 13.6. The highest BCUT2D eigenvalue weighted by Gasteiger charge is 2.18. The average molecular weight is 284 g/mol. The van der Waals surface area contributed by atoms with Gasteiger partial charge in [0.2, 0.25) is 0 Å². The second-order valence-electron chi connectivity index (χ2n) is 4.66. The van der Waals surface area contributed by atoms with Crippen LogP contribution in [-0.2, 0) is 0 Å². The number of nitrogens with one attached hydrogen (secondary N) is 1. The third-order valence-electron chi connectivity index (χ3n) is 3.19. The summed E-state index contributed by atoms with van der Waals surface area (Å²) in [6.07, 6.45) is 1.82. The number of benzene rings is 1. The molecule has 106 valence electrons. The summed E-state index contributed by atoms with van der Waals surface area (Å²) in [5.74, 6) is -0.433. The zero-order valence-electron chi connectivity index (χ0n) is 11.3. The molecule has 0 radical (unpaired) electrons. The number of rotatable bonds is 3. The second-order valence-corrected chi connectivity index (χ2v) is 4.66. The largest absolute Gasteiger partial charge is 0.342 e. The molecule has 1 unspecified atom stereocenters. The summed E-state index contributed by atoms with van der Waals surface area (Å²) >= 11 is 0. The first kappa shape index (κ1) is 13.2. The summed E-state index contributed by atoms with van der Waals surface area (Å²) in [6, 6.07) is 11.0. The number of pyridine rings is 1. The van der Waals surface area contributed by atoms with E-state index in [1.165, 1.54) is 12.1 Å². The fraction of sp³-hybridized carbons (Fsp3) is 0.133. The normalized spacial score (nSPS) is 12.3. The van der Waals surface area contributed by atoms with Gasteiger partial charge >= 0.3 is 0 Å². The van der Waals surface area contributed by atoms with Crippen molar-refractivity contribution in [2.75, 3.05) is 0 Å². The molecule has 2 aromatic heterocycles. The van der Waals surface area contributed by atoms with Crippen LogP contribution in [0.25, 0.3) is 5.65 Å². The molecule has 3 aromatic rings. The first-order chi connectivity index (χ1) is 10.2. The van der Waals surface area contributed by atoms with Gasteiger partial charge in [0.25, 0.3) is 5.91 Å². The Morgan fingerprint density at radius 1 is 1.19 bits per heavy atom. The minimum atomic E-state index is -0.548. The molecule has 0 saturated carbocycles. The van der Waals surface area contributed by atoms with Crippen LogP contribution in [0.5, 0.6) is 0 Å². The molecule has 0 aliphatic rings. The molecule has 0 saturated heterocycles. The molecular formula is C15H13FN4O. The molecular weight excluding hydrogens is 271 g/mol. The van der Waals surface area contributed by atoms with Crippen molar-refractivity contribution in [3.63, 3.8) is 0 Å². The molecule has 0 aliphatic carbocycles. The van der Waals surface area contributed by atoms with Gasteiger partial charge in [0.15, 0.2) is 11.5 Å². The lowest BCUT2D eigenvalue weighted by Crippen LogP contribution is -2.28. The van der Waals surface area contributed by atoms with Crippen LogP contribution in [0.1, 0.15) is 29.1 Å². The fourth-order valence-corrected chi connectivity index (χ4v) is 2.14. The van der Waals surface area contributed by atoms with Crippen LogP contribution in [0.15, 0.2) is 48.7 Å². The van der Waals surface area contributed by atoms with E-state index in [0.717, 1.165) is 0 Å². The highest BCUT2D eigenvalue weighted by Crippen LogP contribution is 2.13. The first-order valence-corrected chi connectivity index (χ1v) is 6.52. The van der Waals surface area contributed by atoms with Crippen LogP contribution < -0.4 is 5.32 Å². The Labute approximate surface area is 120 Å². The van der Waals surface area contributed by atoms with Gasteiger partial charge in [0.1, 0.15) is 5.82 Å². The van der Waals surface area contributed by atoms with Crippen molar-refractivity contribution in [2.24, 2.45) is 0 Å². The van der Waals surface area contributed by atoms with E-state index in [4.69, 9.17) is 0 Å². The van der Waals surface area contributed by atoms with Gasteiger partial charge in [0, 0.05) is 6.20 Å². The molecule has 0 aliphatic heterocycles. The molecule has 21 heavy (non-hydrogen) atoms. The zero-order valence-corrected chi connectivity index (χ0v) is 11.3. The van der Waals surface area contributed by atoms with Crippen LogP contribution in [0, 0.1) is 5.82 Å². The lowest BCUT2D eigenvalue weighted by Gasteiger charge is -2.12. The molecule has 2 heterocycles. The van der Waals surface area contributed by atoms with E-state index in [1.807, 2.05) is 24.4 Å². The average Bonchev–Trinajstić information content (AvgIpc) is 2.91. The Hall–Kier alpha value is -2.76. The smallest absolute Gasteiger partial charge is 0.254 e. The summed E-state index contributed by atoms with van der Waals surface area (Å²) < 4.78 is 15.4. The van der Waals surface area contributed by atoms with Crippen LogP contribution >= 0.6 is 0 Å². The Bertz CT molecular complexity index is 799. The van der Waals surface area contributed by atoms with Gasteiger partial charge in [-0.3, -0.25) is 9.20 Å². The SMILES string of the molecule is CC(NC(=O)c1ccccc1F)c1nnc2ccccn12. The van der Waals surface area contributed by atoms with Gasteiger partial charge in [-0.2, -0.15) is 0 Å². The number of amides is 1. The van der Waals surface area contributed by atoms with E-state index < -0.39 is 17.8 Å². The number of carbonyl (C=O) groups excluding carboxylic acids is 1. The van der Waals surface area contributed by atoms with Crippen LogP contribution in [0.4, 0.5) is 4.39 Å². The van der Waals surface area contributed by atoms with E-state index in [1.54, 1.807) is 23.5 Å². The van der Waals surface area contributed by atoms with Crippen molar-refractivity contribution in [2.45, 2.75) is 13.0 Å². The molecule has 1 N–H and O–H groups in total. The minimum absolute atomic E-state index is 0.0122. The topological polar surface area (TPSA) is 59.3 Å². The van der Waals surface area contributed by atoms with Gasteiger partial charge in [0.05, 0.1) is 11.6 Å². The molecule has 6 heteroatoms. The predicted molar refractivity (Wildman–Crippen MR) is 75.3 cm³/mol. The van der Waals surface area contributed by atoms with Crippen molar-refractivity contribution in [3.8, 4) is 0 Å². The number of fused-ring (bicyclic) bond motifs is 1. The van der Waals surface area contributed by atoms with Crippen molar-refractivity contribution >= 4 is 11.6 Å². The van der Waals surface area contributed by atoms with Crippen LogP contribution in [0.2, 0.25) is 0 Å². The number of halogens is 1. The maximum atomic E-state index is 13.6. The standard InChI is InChI=1S/C15H13FN4O/c1-10(14-19-18-13-8-4-5-9-20(13)14)17-15(21)11-6-2-3-7-12(11)16/h2-10H,1H3,(H,17,21). The van der Waals surface area contributed by atoms with Gasteiger partial charge in [-0.15, -0.1) is 10.2 Å². The van der Waals surface area contributed by atoms with Crippen molar-refractivity contribution in [3.05, 3.63) is 65.9 Å². The van der Waals surface area contributed by atoms with Gasteiger partial charge < -0.3 is 5.32 Å². The molecule has 1 atom stereocenters. The molecule has 0 bridgehead atoms.